The van der Waals surface area contributed by atoms with Crippen LogP contribution in [0, 0.1) is 13.8 Å². The van der Waals surface area contributed by atoms with Gasteiger partial charge in [0.2, 0.25) is 0 Å². The predicted octanol–water partition coefficient (Wildman–Crippen LogP) is 2.04. The maximum Gasteiger partial charge on any atom is 0.182 e. The lowest BCUT2D eigenvalue weighted by molar-refractivity contribution is 0.171. The Morgan fingerprint density at radius 1 is 1.14 bits per heavy atom. The van der Waals surface area contributed by atoms with Crippen molar-refractivity contribution in [2.75, 3.05) is 13.2 Å². The molecule has 0 aliphatic carbocycles. The fourth-order valence-electron chi connectivity index (χ4n) is 2.20. The highest BCUT2D eigenvalue weighted by atomic mass is 32.2. The first-order valence-electron chi connectivity index (χ1n) is 6.51. The number of rotatable bonds is 3. The maximum absolute atomic E-state index is 12.5. The highest BCUT2D eigenvalue weighted by Gasteiger charge is 2.23. The van der Waals surface area contributed by atoms with Crippen LogP contribution < -0.4 is 9.47 Å². The number of benzene rings is 1. The van der Waals surface area contributed by atoms with E-state index in [1.807, 2.05) is 0 Å². The topological polar surface area (TPSA) is 78.6 Å². The summed E-state index contributed by atoms with van der Waals surface area (Å²) in [5.74, 6) is 1.40. The number of hydrogen-bond donors (Lipinski definition) is 0. The Labute approximate surface area is 122 Å². The Balaban J connectivity index is 1.95. The van der Waals surface area contributed by atoms with Gasteiger partial charge in [0.05, 0.1) is 16.3 Å². The molecule has 0 bridgehead atoms. The summed E-state index contributed by atoms with van der Waals surface area (Å²) in [5, 5.41) is 3.78. The number of fused-ring (bicyclic) bond motifs is 1. The van der Waals surface area contributed by atoms with Crippen LogP contribution >= 0.6 is 0 Å². The van der Waals surface area contributed by atoms with Crippen molar-refractivity contribution >= 4 is 9.84 Å². The molecule has 21 heavy (non-hydrogen) atoms. The SMILES string of the molecule is Cc1noc(C)c1CS(=O)(=O)c1ccc2c(c1)OCCO2. The number of ether oxygens (including phenoxy) is 2. The van der Waals surface area contributed by atoms with Gasteiger partial charge in [-0.3, -0.25) is 0 Å². The lowest BCUT2D eigenvalue weighted by atomic mass is 10.2. The molecule has 0 N–H and O–H groups in total. The number of aromatic nitrogens is 1. The highest BCUT2D eigenvalue weighted by molar-refractivity contribution is 7.90. The Hall–Kier alpha value is -2.02. The minimum atomic E-state index is -3.50. The molecule has 7 heteroatoms. The summed E-state index contributed by atoms with van der Waals surface area (Å²) in [6, 6.07) is 4.65. The van der Waals surface area contributed by atoms with Crippen molar-refractivity contribution in [2.24, 2.45) is 0 Å². The predicted molar refractivity (Wildman–Crippen MR) is 74.3 cm³/mol. The van der Waals surface area contributed by atoms with Crippen molar-refractivity contribution < 1.29 is 22.4 Å². The van der Waals surface area contributed by atoms with Crippen LogP contribution in [0.1, 0.15) is 17.0 Å². The Bertz CT molecular complexity index is 759. The fourth-order valence-corrected chi connectivity index (χ4v) is 3.72. The van der Waals surface area contributed by atoms with Gasteiger partial charge in [0.25, 0.3) is 0 Å². The molecule has 0 spiro atoms. The fraction of sp³-hybridized carbons (Fsp3) is 0.357. The summed E-state index contributed by atoms with van der Waals surface area (Å²) in [4.78, 5) is 0.201. The number of hydrogen-bond acceptors (Lipinski definition) is 6. The van der Waals surface area contributed by atoms with Crippen LogP contribution in [0.15, 0.2) is 27.6 Å². The van der Waals surface area contributed by atoms with E-state index >= 15 is 0 Å². The molecule has 0 fully saturated rings. The Morgan fingerprint density at radius 3 is 2.52 bits per heavy atom. The highest BCUT2D eigenvalue weighted by Crippen LogP contribution is 2.33. The van der Waals surface area contributed by atoms with Gasteiger partial charge >= 0.3 is 0 Å². The zero-order valence-corrected chi connectivity index (χ0v) is 12.6. The molecule has 2 heterocycles. The average Bonchev–Trinajstić information content (AvgIpc) is 2.78. The smallest absolute Gasteiger partial charge is 0.182 e. The summed E-state index contributed by atoms with van der Waals surface area (Å²) in [6.07, 6.45) is 0. The first-order chi connectivity index (χ1) is 9.97. The second-order valence-corrected chi connectivity index (χ2v) is 6.86. The molecule has 0 radical (unpaired) electrons. The third kappa shape index (κ3) is 2.61. The first kappa shape index (κ1) is 13.9. The Kier molecular flexibility index (Phi) is 3.36. The van der Waals surface area contributed by atoms with Crippen LogP contribution in [0.25, 0.3) is 0 Å². The second kappa shape index (κ2) is 5.07. The van der Waals surface area contributed by atoms with Crippen molar-refractivity contribution in [1.82, 2.24) is 5.16 Å². The molecule has 2 aromatic rings. The quantitative estimate of drug-likeness (QED) is 0.863. The summed E-state index contributed by atoms with van der Waals surface area (Å²) >= 11 is 0. The van der Waals surface area contributed by atoms with Gasteiger partial charge in [0, 0.05) is 11.6 Å². The molecule has 112 valence electrons. The van der Waals surface area contributed by atoms with Crippen LogP contribution in [-0.4, -0.2) is 26.8 Å². The zero-order chi connectivity index (χ0) is 15.0. The molecule has 0 amide bonds. The Morgan fingerprint density at radius 2 is 1.86 bits per heavy atom. The molecular weight excluding hydrogens is 294 g/mol. The monoisotopic (exact) mass is 309 g/mol. The van der Waals surface area contributed by atoms with Gasteiger partial charge in [0.1, 0.15) is 19.0 Å². The molecule has 0 saturated heterocycles. The van der Waals surface area contributed by atoms with Gasteiger partial charge in [-0.2, -0.15) is 0 Å². The molecular formula is C14H15NO5S. The van der Waals surface area contributed by atoms with E-state index in [9.17, 15) is 8.42 Å². The average molecular weight is 309 g/mol. The molecule has 1 aliphatic rings. The van der Waals surface area contributed by atoms with Gasteiger partial charge in [-0.15, -0.1) is 0 Å². The summed E-state index contributed by atoms with van der Waals surface area (Å²) < 4.78 is 40.9. The molecule has 3 rings (SSSR count). The lowest BCUT2D eigenvalue weighted by Gasteiger charge is -2.18. The molecule has 6 nitrogen and oxygen atoms in total. The van der Waals surface area contributed by atoms with E-state index < -0.39 is 9.84 Å². The number of aryl methyl sites for hydroxylation is 2. The van der Waals surface area contributed by atoms with E-state index in [1.54, 1.807) is 19.9 Å². The van der Waals surface area contributed by atoms with Crippen molar-refractivity contribution in [2.45, 2.75) is 24.5 Å². The van der Waals surface area contributed by atoms with Crippen LogP contribution in [-0.2, 0) is 15.6 Å². The van der Waals surface area contributed by atoms with Crippen molar-refractivity contribution in [3.8, 4) is 11.5 Å². The van der Waals surface area contributed by atoms with Crippen LogP contribution in [0.2, 0.25) is 0 Å². The number of nitrogens with zero attached hydrogens (tertiary/aromatic N) is 1. The molecule has 0 saturated carbocycles. The molecule has 1 aromatic carbocycles. The molecule has 1 aliphatic heterocycles. The third-order valence-electron chi connectivity index (χ3n) is 3.39. The van der Waals surface area contributed by atoms with Gasteiger partial charge in [-0.05, 0) is 26.0 Å². The maximum atomic E-state index is 12.5. The normalized spacial score (nSPS) is 14.2. The van der Waals surface area contributed by atoms with Crippen molar-refractivity contribution in [1.29, 1.82) is 0 Å². The van der Waals surface area contributed by atoms with Gasteiger partial charge < -0.3 is 14.0 Å². The van der Waals surface area contributed by atoms with Crippen LogP contribution in [0.3, 0.4) is 0 Å². The minimum absolute atomic E-state index is 0.145. The lowest BCUT2D eigenvalue weighted by Crippen LogP contribution is -2.16. The van der Waals surface area contributed by atoms with E-state index in [0.29, 0.717) is 41.7 Å². The van der Waals surface area contributed by atoms with Crippen molar-refractivity contribution in [3.63, 3.8) is 0 Å². The number of sulfone groups is 1. The summed E-state index contributed by atoms with van der Waals surface area (Å²) in [7, 11) is -3.50. The largest absolute Gasteiger partial charge is 0.486 e. The standard InChI is InChI=1S/C14H15NO5S/c1-9-12(10(2)20-15-9)8-21(16,17)11-3-4-13-14(7-11)19-6-5-18-13/h3-4,7H,5-6,8H2,1-2H3. The van der Waals surface area contributed by atoms with Gasteiger partial charge in [0.15, 0.2) is 21.3 Å². The van der Waals surface area contributed by atoms with E-state index in [0.717, 1.165) is 0 Å². The van der Waals surface area contributed by atoms with E-state index in [2.05, 4.69) is 5.16 Å². The van der Waals surface area contributed by atoms with Crippen LogP contribution in [0.5, 0.6) is 11.5 Å². The van der Waals surface area contributed by atoms with E-state index in [4.69, 9.17) is 14.0 Å². The summed E-state index contributed by atoms with van der Waals surface area (Å²) in [6.45, 7) is 4.32. The molecule has 1 aromatic heterocycles. The third-order valence-corrected chi connectivity index (χ3v) is 5.03. The van der Waals surface area contributed by atoms with E-state index in [-0.39, 0.29) is 10.6 Å². The zero-order valence-electron chi connectivity index (χ0n) is 11.8. The van der Waals surface area contributed by atoms with Crippen molar-refractivity contribution in [3.05, 3.63) is 35.2 Å². The minimum Gasteiger partial charge on any atom is -0.486 e. The van der Waals surface area contributed by atoms with Gasteiger partial charge in [-0.1, -0.05) is 5.16 Å². The molecule has 0 unspecified atom stereocenters. The van der Waals surface area contributed by atoms with Gasteiger partial charge in [-0.25, -0.2) is 8.42 Å². The second-order valence-electron chi connectivity index (χ2n) is 4.87. The first-order valence-corrected chi connectivity index (χ1v) is 8.17. The molecule has 0 atom stereocenters. The summed E-state index contributed by atoms with van der Waals surface area (Å²) in [5.41, 5.74) is 1.19. The van der Waals surface area contributed by atoms with E-state index in [1.165, 1.54) is 12.1 Å². The van der Waals surface area contributed by atoms with Crippen LogP contribution in [0.4, 0.5) is 0 Å².